The fraction of sp³-hybridized carbons (Fsp3) is 0.333. The molecule has 2 rings (SSSR count). The normalized spacial score (nSPS) is 10.6. The number of hydrogen-bond acceptors (Lipinski definition) is 4. The van der Waals surface area contributed by atoms with Gasteiger partial charge in [0.25, 0.3) is 0 Å². The Bertz CT molecular complexity index is 467. The van der Waals surface area contributed by atoms with Crippen molar-refractivity contribution in [2.24, 2.45) is 0 Å². The Hall–Kier alpha value is -1.68. The van der Waals surface area contributed by atoms with Crippen LogP contribution in [0, 0.1) is 0 Å². The summed E-state index contributed by atoms with van der Waals surface area (Å²) in [7, 11) is 1.96. The molecule has 0 aliphatic carbocycles. The fourth-order valence-corrected chi connectivity index (χ4v) is 1.71. The maximum atomic E-state index is 8.81. The molecule has 84 valence electrons. The summed E-state index contributed by atoms with van der Waals surface area (Å²) in [5.41, 5.74) is 0. The van der Waals surface area contributed by atoms with Crippen molar-refractivity contribution in [2.45, 2.75) is 6.42 Å². The zero-order chi connectivity index (χ0) is 11.4. The van der Waals surface area contributed by atoms with E-state index < -0.39 is 0 Å². The minimum atomic E-state index is 0.197. The maximum absolute atomic E-state index is 8.81. The number of benzene rings is 1. The van der Waals surface area contributed by atoms with Gasteiger partial charge in [-0.3, -0.25) is 0 Å². The maximum Gasteiger partial charge on any atom is 0.158 e. The second-order valence-corrected chi connectivity index (χ2v) is 3.75. The quantitative estimate of drug-likeness (QED) is 0.842. The lowest BCUT2D eigenvalue weighted by molar-refractivity contribution is 0.290. The van der Waals surface area contributed by atoms with E-state index in [9.17, 15) is 0 Å². The van der Waals surface area contributed by atoms with Gasteiger partial charge in [0.2, 0.25) is 0 Å². The van der Waals surface area contributed by atoms with Gasteiger partial charge in [-0.15, -0.1) is 5.10 Å². The minimum absolute atomic E-state index is 0.197. The van der Waals surface area contributed by atoms with E-state index in [1.54, 1.807) is 6.20 Å². The molecule has 0 bridgehead atoms. The highest BCUT2D eigenvalue weighted by atomic mass is 16.3. The number of aliphatic hydroxyl groups is 1. The number of rotatable bonds is 4. The molecule has 4 heteroatoms. The molecule has 4 nitrogen and oxygen atoms in total. The number of nitrogens with zero attached hydrogens (tertiary/aromatic N) is 3. The molecule has 1 aromatic heterocycles. The first-order valence-electron chi connectivity index (χ1n) is 5.35. The van der Waals surface area contributed by atoms with Crippen LogP contribution >= 0.6 is 0 Å². The number of hydrogen-bond donors (Lipinski definition) is 1. The molecule has 1 aromatic carbocycles. The van der Waals surface area contributed by atoms with Crippen molar-refractivity contribution in [1.82, 2.24) is 10.2 Å². The van der Waals surface area contributed by atoms with E-state index in [0.29, 0.717) is 0 Å². The van der Waals surface area contributed by atoms with Crippen molar-refractivity contribution in [3.8, 4) is 0 Å². The van der Waals surface area contributed by atoms with Crippen molar-refractivity contribution in [1.29, 1.82) is 0 Å². The lowest BCUT2D eigenvalue weighted by Crippen LogP contribution is -2.21. The summed E-state index contributed by atoms with van der Waals surface area (Å²) in [5, 5.41) is 19.1. The molecular formula is C12H15N3O. The van der Waals surface area contributed by atoms with E-state index in [4.69, 9.17) is 5.11 Å². The molecule has 0 saturated carbocycles. The van der Waals surface area contributed by atoms with Gasteiger partial charge in [0.15, 0.2) is 5.82 Å². The molecule has 2 aromatic rings. The molecule has 1 heterocycles. The van der Waals surface area contributed by atoms with Crippen molar-refractivity contribution >= 4 is 16.6 Å². The fourth-order valence-electron chi connectivity index (χ4n) is 1.71. The van der Waals surface area contributed by atoms with Crippen molar-refractivity contribution in [3.63, 3.8) is 0 Å². The molecule has 0 spiro atoms. The van der Waals surface area contributed by atoms with Gasteiger partial charge in [-0.05, 0) is 6.42 Å². The lowest BCUT2D eigenvalue weighted by atomic mass is 10.2. The van der Waals surface area contributed by atoms with Crippen LogP contribution in [-0.2, 0) is 0 Å². The molecule has 0 aliphatic rings. The second kappa shape index (κ2) is 4.90. The van der Waals surface area contributed by atoms with E-state index in [0.717, 1.165) is 29.6 Å². The highest BCUT2D eigenvalue weighted by Crippen LogP contribution is 2.21. The molecule has 0 amide bonds. The largest absolute Gasteiger partial charge is 0.396 e. The second-order valence-electron chi connectivity index (χ2n) is 3.75. The van der Waals surface area contributed by atoms with Crippen LogP contribution in [0.5, 0.6) is 0 Å². The molecule has 0 radical (unpaired) electrons. The Balaban J connectivity index is 2.36. The van der Waals surface area contributed by atoms with Crippen LogP contribution in [0.25, 0.3) is 10.8 Å². The van der Waals surface area contributed by atoms with Crippen molar-refractivity contribution in [3.05, 3.63) is 30.5 Å². The third-order valence-electron chi connectivity index (χ3n) is 2.56. The average Bonchev–Trinajstić information content (AvgIpc) is 2.35. The van der Waals surface area contributed by atoms with E-state index in [-0.39, 0.29) is 6.61 Å². The first-order chi connectivity index (χ1) is 7.83. The Morgan fingerprint density at radius 1 is 1.31 bits per heavy atom. The van der Waals surface area contributed by atoms with Gasteiger partial charge in [-0.25, -0.2) is 0 Å². The molecular weight excluding hydrogens is 202 g/mol. The summed E-state index contributed by atoms with van der Waals surface area (Å²) in [6.45, 7) is 0.974. The average molecular weight is 217 g/mol. The van der Waals surface area contributed by atoms with Crippen LogP contribution in [0.1, 0.15) is 6.42 Å². The number of aromatic nitrogens is 2. The number of aliphatic hydroxyl groups excluding tert-OH is 1. The smallest absolute Gasteiger partial charge is 0.158 e. The standard InChI is InChI=1S/C12H15N3O/c1-15(7-4-8-16)12-11-6-3-2-5-10(11)9-13-14-12/h2-3,5-6,9,16H,4,7-8H2,1H3. The minimum Gasteiger partial charge on any atom is -0.396 e. The van der Waals surface area contributed by atoms with Gasteiger partial charge in [0, 0.05) is 31.0 Å². The Morgan fingerprint density at radius 2 is 2.12 bits per heavy atom. The first-order valence-corrected chi connectivity index (χ1v) is 5.35. The van der Waals surface area contributed by atoms with Gasteiger partial charge in [-0.1, -0.05) is 24.3 Å². The zero-order valence-electron chi connectivity index (χ0n) is 9.30. The number of fused-ring (bicyclic) bond motifs is 1. The summed E-state index contributed by atoms with van der Waals surface area (Å²) in [4.78, 5) is 2.02. The van der Waals surface area contributed by atoms with Crippen LogP contribution in [0.2, 0.25) is 0 Å². The van der Waals surface area contributed by atoms with Crippen LogP contribution in [0.15, 0.2) is 30.5 Å². The predicted molar refractivity (Wildman–Crippen MR) is 64.5 cm³/mol. The molecule has 0 saturated heterocycles. The van der Waals surface area contributed by atoms with Crippen LogP contribution in [-0.4, -0.2) is 35.5 Å². The molecule has 0 fully saturated rings. The van der Waals surface area contributed by atoms with Gasteiger partial charge < -0.3 is 10.0 Å². The zero-order valence-corrected chi connectivity index (χ0v) is 9.30. The van der Waals surface area contributed by atoms with Gasteiger partial charge >= 0.3 is 0 Å². The highest BCUT2D eigenvalue weighted by molar-refractivity contribution is 5.91. The summed E-state index contributed by atoms with van der Waals surface area (Å²) in [6, 6.07) is 8.04. The van der Waals surface area contributed by atoms with Crippen LogP contribution in [0.4, 0.5) is 5.82 Å². The number of anilines is 1. The molecule has 0 aliphatic heterocycles. The lowest BCUT2D eigenvalue weighted by Gasteiger charge is -2.18. The predicted octanol–water partition coefficient (Wildman–Crippen LogP) is 1.45. The molecule has 0 unspecified atom stereocenters. The molecule has 0 atom stereocenters. The van der Waals surface area contributed by atoms with Gasteiger partial charge in [0.1, 0.15) is 0 Å². The first kappa shape index (κ1) is 10.8. The Morgan fingerprint density at radius 3 is 2.94 bits per heavy atom. The monoisotopic (exact) mass is 217 g/mol. The van der Waals surface area contributed by atoms with E-state index in [2.05, 4.69) is 10.2 Å². The Labute approximate surface area is 94.5 Å². The summed E-state index contributed by atoms with van der Waals surface area (Å²) in [5.74, 6) is 0.867. The highest BCUT2D eigenvalue weighted by Gasteiger charge is 2.07. The summed E-state index contributed by atoms with van der Waals surface area (Å²) in [6.07, 6.45) is 2.50. The Kier molecular flexibility index (Phi) is 3.31. The van der Waals surface area contributed by atoms with Crippen LogP contribution < -0.4 is 4.90 Å². The van der Waals surface area contributed by atoms with E-state index in [1.807, 2.05) is 36.2 Å². The third-order valence-corrected chi connectivity index (χ3v) is 2.56. The van der Waals surface area contributed by atoms with E-state index >= 15 is 0 Å². The topological polar surface area (TPSA) is 49.2 Å². The molecule has 16 heavy (non-hydrogen) atoms. The van der Waals surface area contributed by atoms with Crippen molar-refractivity contribution < 1.29 is 5.11 Å². The third kappa shape index (κ3) is 2.12. The summed E-state index contributed by atoms with van der Waals surface area (Å²) < 4.78 is 0. The van der Waals surface area contributed by atoms with Gasteiger partial charge in [-0.2, -0.15) is 5.10 Å². The van der Waals surface area contributed by atoms with Gasteiger partial charge in [0.05, 0.1) is 6.20 Å². The molecule has 1 N–H and O–H groups in total. The SMILES string of the molecule is CN(CCCO)c1nncc2ccccc12. The summed E-state index contributed by atoms with van der Waals surface area (Å²) >= 11 is 0. The van der Waals surface area contributed by atoms with Crippen molar-refractivity contribution in [2.75, 3.05) is 25.1 Å². The van der Waals surface area contributed by atoms with E-state index in [1.165, 1.54) is 0 Å². The van der Waals surface area contributed by atoms with Crippen LogP contribution in [0.3, 0.4) is 0 Å².